The highest BCUT2D eigenvalue weighted by Gasteiger charge is 2.47. The highest BCUT2D eigenvalue weighted by molar-refractivity contribution is 7.51. The molecule has 2 aromatic heterocycles. The Bertz CT molecular complexity index is 1280. The zero-order valence-electron chi connectivity index (χ0n) is 19.3. The topological polar surface area (TPSA) is 135 Å². The molecule has 12 heteroatoms. The molecule has 1 aliphatic heterocycles. The number of hydrogen-bond donors (Lipinski definition) is 1. The molecular formula is C23H27N6O5P. The number of nitrogens with two attached hydrogens (primary N) is 1. The number of rotatable bonds is 8. The van der Waals surface area contributed by atoms with E-state index in [1.165, 1.54) is 18.1 Å². The van der Waals surface area contributed by atoms with Gasteiger partial charge in [0.05, 0.1) is 26.1 Å². The second kappa shape index (κ2) is 9.77. The van der Waals surface area contributed by atoms with Crippen molar-refractivity contribution in [1.82, 2.24) is 24.2 Å². The normalized spacial score (nSPS) is 24.0. The molecule has 1 fully saturated rings. The number of methoxy groups -OCH3 is 1. The summed E-state index contributed by atoms with van der Waals surface area (Å²) in [6.45, 7) is 0.570. The molecule has 2 aliphatic rings. The molecule has 0 saturated carbocycles. The fourth-order valence-electron chi connectivity index (χ4n) is 4.57. The van der Waals surface area contributed by atoms with Crippen LogP contribution in [0.25, 0.3) is 11.2 Å². The standard InChI is InChI=1S/C23H27N6O5P/c1-32-23(30)19-8-5-11-29(19)35(31,34-18-6-3-2-4-7-18)33-13-16-9-10-17(12-16)28-15-27-20-21(24)25-14-26-22(20)28/h2-4,6-7,9-10,14-17,19H,5,8,11-13H2,1H3,(H2,24,25,26)/t16-,17+,19+,35?/m0/s1. The van der Waals surface area contributed by atoms with Crippen molar-refractivity contribution in [3.05, 3.63) is 55.1 Å². The number of carbonyl (C=O) groups excluding carboxylic acids is 1. The van der Waals surface area contributed by atoms with E-state index in [4.69, 9.17) is 19.5 Å². The predicted molar refractivity (Wildman–Crippen MR) is 128 cm³/mol. The lowest BCUT2D eigenvalue weighted by molar-refractivity contribution is -0.144. The number of para-hydroxylation sites is 1. The van der Waals surface area contributed by atoms with E-state index in [0.717, 1.165) is 0 Å². The van der Waals surface area contributed by atoms with E-state index in [1.54, 1.807) is 30.6 Å². The van der Waals surface area contributed by atoms with Gasteiger partial charge in [0.1, 0.15) is 23.6 Å². The first-order valence-electron chi connectivity index (χ1n) is 11.4. The van der Waals surface area contributed by atoms with Crippen LogP contribution in [0.4, 0.5) is 5.82 Å². The van der Waals surface area contributed by atoms with Gasteiger partial charge in [0.2, 0.25) is 0 Å². The molecule has 11 nitrogen and oxygen atoms in total. The molecule has 1 aromatic carbocycles. The van der Waals surface area contributed by atoms with Gasteiger partial charge in [0, 0.05) is 12.5 Å². The van der Waals surface area contributed by atoms with Gasteiger partial charge in [-0.15, -0.1) is 0 Å². The van der Waals surface area contributed by atoms with Crippen molar-refractivity contribution in [3.63, 3.8) is 0 Å². The summed E-state index contributed by atoms with van der Waals surface area (Å²) in [6.07, 6.45) is 9.10. The van der Waals surface area contributed by atoms with Gasteiger partial charge in [-0.05, 0) is 31.4 Å². The van der Waals surface area contributed by atoms with Crippen molar-refractivity contribution >= 4 is 30.7 Å². The maximum Gasteiger partial charge on any atom is 0.462 e. The zero-order chi connectivity index (χ0) is 24.4. The van der Waals surface area contributed by atoms with Gasteiger partial charge in [0.25, 0.3) is 0 Å². The van der Waals surface area contributed by atoms with Crippen LogP contribution >= 0.6 is 7.75 Å². The second-order valence-corrected chi connectivity index (χ2v) is 10.4. The van der Waals surface area contributed by atoms with Crippen molar-refractivity contribution in [2.24, 2.45) is 5.92 Å². The Balaban J connectivity index is 1.32. The Morgan fingerprint density at radius 3 is 2.83 bits per heavy atom. The van der Waals surface area contributed by atoms with Crippen molar-refractivity contribution in [2.45, 2.75) is 31.3 Å². The predicted octanol–water partition coefficient (Wildman–Crippen LogP) is 3.37. The number of hydrogen-bond acceptors (Lipinski definition) is 9. The van der Waals surface area contributed by atoms with E-state index in [1.807, 2.05) is 22.8 Å². The summed E-state index contributed by atoms with van der Waals surface area (Å²) in [5.41, 5.74) is 7.13. The monoisotopic (exact) mass is 498 g/mol. The summed E-state index contributed by atoms with van der Waals surface area (Å²) < 4.78 is 34.4. The average molecular weight is 498 g/mol. The average Bonchev–Trinajstić information content (AvgIpc) is 3.63. The van der Waals surface area contributed by atoms with E-state index in [2.05, 4.69) is 15.0 Å². The van der Waals surface area contributed by atoms with Gasteiger partial charge in [-0.3, -0.25) is 9.32 Å². The summed E-state index contributed by atoms with van der Waals surface area (Å²) in [4.78, 5) is 25.0. The smallest absolute Gasteiger partial charge is 0.462 e. The van der Waals surface area contributed by atoms with Crippen molar-refractivity contribution in [2.75, 3.05) is 26.0 Å². The third-order valence-electron chi connectivity index (χ3n) is 6.32. The molecule has 4 atom stereocenters. The number of anilines is 1. The van der Waals surface area contributed by atoms with Crippen molar-refractivity contribution in [3.8, 4) is 5.75 Å². The minimum atomic E-state index is -3.85. The number of benzene rings is 1. The molecule has 0 amide bonds. The van der Waals surface area contributed by atoms with Crippen LogP contribution in [0.1, 0.15) is 25.3 Å². The molecule has 1 unspecified atom stereocenters. The lowest BCUT2D eigenvalue weighted by Gasteiger charge is -2.30. The molecule has 1 aliphatic carbocycles. The first-order chi connectivity index (χ1) is 17.0. The Hall–Kier alpha value is -3.27. The van der Waals surface area contributed by atoms with Crippen LogP contribution in [-0.4, -0.2) is 56.5 Å². The van der Waals surface area contributed by atoms with Gasteiger partial charge >= 0.3 is 13.7 Å². The largest absolute Gasteiger partial charge is 0.468 e. The molecule has 184 valence electrons. The zero-order valence-corrected chi connectivity index (χ0v) is 20.2. The van der Waals surface area contributed by atoms with Gasteiger partial charge in [-0.2, -0.15) is 4.67 Å². The minimum Gasteiger partial charge on any atom is -0.468 e. The molecule has 3 heterocycles. The quantitative estimate of drug-likeness (QED) is 0.280. The Labute approximate surface area is 202 Å². The number of ether oxygens (including phenoxy) is 1. The Kier molecular flexibility index (Phi) is 6.55. The van der Waals surface area contributed by atoms with E-state index < -0.39 is 19.8 Å². The number of carbonyl (C=O) groups is 1. The maximum absolute atomic E-state index is 14.1. The summed E-state index contributed by atoms with van der Waals surface area (Å²) in [5, 5.41) is 0. The first kappa shape index (κ1) is 23.5. The Morgan fingerprint density at radius 2 is 2.03 bits per heavy atom. The van der Waals surface area contributed by atoms with Crippen LogP contribution in [0, 0.1) is 5.92 Å². The number of esters is 1. The highest BCUT2D eigenvalue weighted by atomic mass is 31.2. The molecule has 0 radical (unpaired) electrons. The van der Waals surface area contributed by atoms with Crippen LogP contribution in [0.3, 0.4) is 0 Å². The number of nitrogen functional groups attached to an aromatic ring is 1. The highest BCUT2D eigenvalue weighted by Crippen LogP contribution is 2.56. The SMILES string of the molecule is COC(=O)[C@H]1CCCN1P(=O)(OC[C@H]1C=C[C@@H](n2cnc3c(N)ncnc32)C1)Oc1ccccc1. The van der Waals surface area contributed by atoms with Crippen LogP contribution < -0.4 is 10.3 Å². The van der Waals surface area contributed by atoms with E-state index in [9.17, 15) is 9.36 Å². The fourth-order valence-corrected chi connectivity index (χ4v) is 6.58. The number of allylic oxidation sites excluding steroid dienone is 1. The van der Waals surface area contributed by atoms with E-state index >= 15 is 0 Å². The van der Waals surface area contributed by atoms with Gasteiger partial charge in [-0.25, -0.2) is 19.5 Å². The first-order valence-corrected chi connectivity index (χ1v) is 12.9. The number of aromatic nitrogens is 4. The van der Waals surface area contributed by atoms with E-state index in [-0.39, 0.29) is 18.6 Å². The molecule has 2 N–H and O–H groups in total. The number of imidazole rings is 1. The molecule has 0 bridgehead atoms. The number of fused-ring (bicyclic) bond motifs is 1. The molecule has 0 spiro atoms. The lowest BCUT2D eigenvalue weighted by atomic mass is 10.1. The van der Waals surface area contributed by atoms with Crippen molar-refractivity contribution in [1.29, 1.82) is 0 Å². The summed E-state index contributed by atoms with van der Waals surface area (Å²) in [7, 11) is -2.52. The van der Waals surface area contributed by atoms with Gasteiger partial charge < -0.3 is 19.6 Å². The van der Waals surface area contributed by atoms with E-state index in [0.29, 0.717) is 48.5 Å². The van der Waals surface area contributed by atoms with Crippen LogP contribution in [0.2, 0.25) is 0 Å². The van der Waals surface area contributed by atoms with Gasteiger partial charge in [-0.1, -0.05) is 30.4 Å². The molecule has 5 rings (SSSR count). The molecule has 1 saturated heterocycles. The maximum atomic E-state index is 14.1. The minimum absolute atomic E-state index is 0.00747. The van der Waals surface area contributed by atoms with Crippen LogP contribution in [0.5, 0.6) is 5.75 Å². The Morgan fingerprint density at radius 1 is 1.20 bits per heavy atom. The number of nitrogens with zero attached hydrogens (tertiary/aromatic N) is 5. The third kappa shape index (κ3) is 4.67. The summed E-state index contributed by atoms with van der Waals surface area (Å²) in [5.74, 6) is 0.273. The van der Waals surface area contributed by atoms with Crippen molar-refractivity contribution < 1.29 is 23.1 Å². The summed E-state index contributed by atoms with van der Waals surface area (Å²) >= 11 is 0. The van der Waals surface area contributed by atoms with Crippen LogP contribution in [0.15, 0.2) is 55.1 Å². The second-order valence-electron chi connectivity index (χ2n) is 8.54. The lowest BCUT2D eigenvalue weighted by Crippen LogP contribution is -2.36. The third-order valence-corrected chi connectivity index (χ3v) is 8.35. The van der Waals surface area contributed by atoms with Crippen LogP contribution in [-0.2, 0) is 18.6 Å². The molecular weight excluding hydrogens is 471 g/mol. The summed E-state index contributed by atoms with van der Waals surface area (Å²) in [6, 6.07) is 8.16. The van der Waals surface area contributed by atoms with Gasteiger partial charge in [0.15, 0.2) is 11.5 Å². The molecule has 3 aromatic rings. The molecule has 35 heavy (non-hydrogen) atoms. The fraction of sp³-hybridized carbons (Fsp3) is 0.391.